The molecule has 1 saturated carbocycles. The maximum absolute atomic E-state index is 11.6. The SMILES string of the molecule is O=c1ccc(Br)cn1Cc1nnc(C2CCC2)o1. The second kappa shape index (κ2) is 4.68. The Labute approximate surface area is 112 Å². The minimum absolute atomic E-state index is 0.0819. The third-order valence-corrected chi connectivity index (χ3v) is 3.66. The summed E-state index contributed by atoms with van der Waals surface area (Å²) in [5.41, 5.74) is -0.0819. The van der Waals surface area contributed by atoms with Crippen molar-refractivity contribution in [1.82, 2.24) is 14.8 Å². The van der Waals surface area contributed by atoms with E-state index in [9.17, 15) is 4.79 Å². The van der Waals surface area contributed by atoms with Gasteiger partial charge in [0.05, 0.1) is 0 Å². The second-order valence-electron chi connectivity index (χ2n) is 4.48. The zero-order chi connectivity index (χ0) is 12.5. The van der Waals surface area contributed by atoms with Crippen molar-refractivity contribution in [1.29, 1.82) is 0 Å². The van der Waals surface area contributed by atoms with Crippen LogP contribution in [0, 0.1) is 0 Å². The number of hydrogen-bond donors (Lipinski definition) is 0. The van der Waals surface area contributed by atoms with Crippen LogP contribution < -0.4 is 5.56 Å². The van der Waals surface area contributed by atoms with Crippen LogP contribution in [0.15, 0.2) is 32.0 Å². The molecular weight excluding hydrogens is 298 g/mol. The maximum Gasteiger partial charge on any atom is 0.251 e. The van der Waals surface area contributed by atoms with Gasteiger partial charge in [-0.15, -0.1) is 10.2 Å². The lowest BCUT2D eigenvalue weighted by Crippen LogP contribution is -2.18. The highest BCUT2D eigenvalue weighted by Gasteiger charge is 2.25. The van der Waals surface area contributed by atoms with Gasteiger partial charge in [-0.3, -0.25) is 4.79 Å². The number of pyridine rings is 1. The Morgan fingerprint density at radius 3 is 2.94 bits per heavy atom. The van der Waals surface area contributed by atoms with Gasteiger partial charge in [-0.05, 0) is 34.8 Å². The van der Waals surface area contributed by atoms with Gasteiger partial charge in [-0.1, -0.05) is 6.42 Å². The Bertz CT molecular complexity index is 616. The summed E-state index contributed by atoms with van der Waals surface area (Å²) in [6.45, 7) is 0.317. The zero-order valence-corrected chi connectivity index (χ0v) is 11.3. The first-order valence-corrected chi connectivity index (χ1v) is 6.70. The molecular formula is C12H12BrN3O2. The van der Waals surface area contributed by atoms with Gasteiger partial charge in [0, 0.05) is 22.7 Å². The van der Waals surface area contributed by atoms with Crippen LogP contribution in [-0.2, 0) is 6.54 Å². The van der Waals surface area contributed by atoms with Crippen LogP contribution in [0.4, 0.5) is 0 Å². The van der Waals surface area contributed by atoms with Gasteiger partial charge >= 0.3 is 0 Å². The highest BCUT2D eigenvalue weighted by atomic mass is 79.9. The first-order chi connectivity index (χ1) is 8.72. The number of halogens is 1. The molecule has 0 N–H and O–H groups in total. The zero-order valence-electron chi connectivity index (χ0n) is 9.67. The van der Waals surface area contributed by atoms with Gasteiger partial charge in [0.1, 0.15) is 6.54 Å². The molecule has 0 aromatic carbocycles. The van der Waals surface area contributed by atoms with E-state index < -0.39 is 0 Å². The molecule has 0 saturated heterocycles. The highest BCUT2D eigenvalue weighted by molar-refractivity contribution is 9.10. The summed E-state index contributed by atoms with van der Waals surface area (Å²) in [5, 5.41) is 8.04. The fourth-order valence-corrected chi connectivity index (χ4v) is 2.30. The van der Waals surface area contributed by atoms with E-state index in [0.29, 0.717) is 24.2 Å². The minimum Gasteiger partial charge on any atom is -0.423 e. The molecule has 2 aromatic rings. The normalized spacial score (nSPS) is 15.6. The molecule has 0 spiro atoms. The molecule has 0 radical (unpaired) electrons. The van der Waals surface area contributed by atoms with Crippen LogP contribution in [0.5, 0.6) is 0 Å². The van der Waals surface area contributed by atoms with Crippen molar-refractivity contribution in [3.8, 4) is 0 Å². The molecule has 0 unspecified atom stereocenters. The fourth-order valence-electron chi connectivity index (χ4n) is 1.92. The molecule has 0 bridgehead atoms. The quantitative estimate of drug-likeness (QED) is 0.873. The Morgan fingerprint density at radius 1 is 1.39 bits per heavy atom. The first-order valence-electron chi connectivity index (χ1n) is 5.90. The Balaban J connectivity index is 1.81. The van der Waals surface area contributed by atoms with Crippen molar-refractivity contribution in [2.24, 2.45) is 0 Å². The standard InChI is InChI=1S/C12H12BrN3O2/c13-9-4-5-11(17)16(6-9)7-10-14-15-12(18-10)8-2-1-3-8/h4-6,8H,1-3,7H2. The van der Waals surface area contributed by atoms with Gasteiger partial charge in [0.25, 0.3) is 5.56 Å². The van der Waals surface area contributed by atoms with Crippen molar-refractivity contribution in [3.05, 3.63) is 44.9 Å². The molecule has 1 fully saturated rings. The van der Waals surface area contributed by atoms with Crippen molar-refractivity contribution in [2.75, 3.05) is 0 Å². The van der Waals surface area contributed by atoms with Crippen LogP contribution in [-0.4, -0.2) is 14.8 Å². The smallest absolute Gasteiger partial charge is 0.251 e. The van der Waals surface area contributed by atoms with Gasteiger partial charge in [-0.2, -0.15) is 0 Å². The molecule has 0 atom stereocenters. The number of rotatable bonds is 3. The topological polar surface area (TPSA) is 60.9 Å². The Kier molecular flexibility index (Phi) is 3.03. The van der Waals surface area contributed by atoms with Crippen molar-refractivity contribution < 1.29 is 4.42 Å². The largest absolute Gasteiger partial charge is 0.423 e. The van der Waals surface area contributed by atoms with E-state index in [0.717, 1.165) is 17.3 Å². The van der Waals surface area contributed by atoms with Crippen LogP contribution >= 0.6 is 15.9 Å². The Morgan fingerprint density at radius 2 is 2.22 bits per heavy atom. The van der Waals surface area contributed by atoms with E-state index in [1.165, 1.54) is 12.5 Å². The van der Waals surface area contributed by atoms with Crippen molar-refractivity contribution in [2.45, 2.75) is 31.7 Å². The third kappa shape index (κ3) is 2.25. The van der Waals surface area contributed by atoms with Gasteiger partial charge < -0.3 is 8.98 Å². The molecule has 5 nitrogen and oxygen atoms in total. The monoisotopic (exact) mass is 309 g/mol. The predicted octanol–water partition coefficient (Wildman–Crippen LogP) is 2.31. The average Bonchev–Trinajstić information content (AvgIpc) is 2.69. The molecule has 94 valence electrons. The third-order valence-electron chi connectivity index (χ3n) is 3.19. The number of nitrogens with zero attached hydrogens (tertiary/aromatic N) is 3. The molecule has 1 aliphatic rings. The average molecular weight is 310 g/mol. The highest BCUT2D eigenvalue weighted by Crippen LogP contribution is 2.35. The van der Waals surface area contributed by atoms with Crippen molar-refractivity contribution in [3.63, 3.8) is 0 Å². The first kappa shape index (κ1) is 11.6. The lowest BCUT2D eigenvalue weighted by Gasteiger charge is -2.20. The second-order valence-corrected chi connectivity index (χ2v) is 5.39. The summed E-state index contributed by atoms with van der Waals surface area (Å²) in [5.74, 6) is 1.61. The van der Waals surface area contributed by atoms with Crippen LogP contribution in [0.1, 0.15) is 37.0 Å². The van der Waals surface area contributed by atoms with E-state index in [1.807, 2.05) is 0 Å². The van der Waals surface area contributed by atoms with E-state index in [4.69, 9.17) is 4.42 Å². The van der Waals surface area contributed by atoms with E-state index in [1.54, 1.807) is 16.8 Å². The van der Waals surface area contributed by atoms with Crippen LogP contribution in [0.25, 0.3) is 0 Å². The molecule has 0 amide bonds. The molecule has 0 aliphatic heterocycles. The van der Waals surface area contributed by atoms with Crippen LogP contribution in [0.3, 0.4) is 0 Å². The fraction of sp³-hybridized carbons (Fsp3) is 0.417. The lowest BCUT2D eigenvalue weighted by atomic mass is 9.85. The summed E-state index contributed by atoms with van der Waals surface area (Å²) in [6.07, 6.45) is 5.19. The van der Waals surface area contributed by atoms with Gasteiger partial charge in [0.15, 0.2) is 0 Å². The Hall–Kier alpha value is -1.43. The molecule has 3 rings (SSSR count). The van der Waals surface area contributed by atoms with E-state index in [2.05, 4.69) is 26.1 Å². The van der Waals surface area contributed by atoms with Gasteiger partial charge in [0.2, 0.25) is 11.8 Å². The summed E-state index contributed by atoms with van der Waals surface area (Å²) in [4.78, 5) is 11.6. The van der Waals surface area contributed by atoms with Crippen molar-refractivity contribution >= 4 is 15.9 Å². The van der Waals surface area contributed by atoms with Crippen LogP contribution in [0.2, 0.25) is 0 Å². The summed E-state index contributed by atoms with van der Waals surface area (Å²) in [7, 11) is 0. The number of aromatic nitrogens is 3. The van der Waals surface area contributed by atoms with E-state index >= 15 is 0 Å². The minimum atomic E-state index is -0.0819. The molecule has 18 heavy (non-hydrogen) atoms. The summed E-state index contributed by atoms with van der Waals surface area (Å²) in [6, 6.07) is 3.22. The lowest BCUT2D eigenvalue weighted by molar-refractivity contribution is 0.322. The summed E-state index contributed by atoms with van der Waals surface area (Å²) >= 11 is 3.33. The number of hydrogen-bond acceptors (Lipinski definition) is 4. The molecule has 1 aliphatic carbocycles. The molecule has 2 aromatic heterocycles. The maximum atomic E-state index is 11.6. The molecule has 6 heteroatoms. The molecule has 2 heterocycles. The summed E-state index contributed by atoms with van der Waals surface area (Å²) < 4.78 is 7.98. The predicted molar refractivity (Wildman–Crippen MR) is 68.4 cm³/mol. The van der Waals surface area contributed by atoms with Gasteiger partial charge in [-0.25, -0.2) is 0 Å². The van der Waals surface area contributed by atoms with E-state index in [-0.39, 0.29) is 5.56 Å².